The van der Waals surface area contributed by atoms with Crippen LogP contribution in [0.1, 0.15) is 141 Å². The van der Waals surface area contributed by atoms with Gasteiger partial charge in [-0.25, -0.2) is 0 Å². The number of nitrogens with one attached hydrogen (secondary N) is 1. The minimum Gasteiger partial charge on any atom is -0.455 e. The second-order valence-corrected chi connectivity index (χ2v) is 18.5. The molecule has 14 heteroatoms. The van der Waals surface area contributed by atoms with Gasteiger partial charge in [0.15, 0.2) is 11.9 Å². The van der Waals surface area contributed by atoms with Gasteiger partial charge in [0.05, 0.1) is 42.3 Å². The Morgan fingerprint density at radius 1 is 0.887 bits per heavy atom. The number of amides is 1. The fourth-order valence-corrected chi connectivity index (χ4v) is 9.97. The monoisotopic (exact) mass is 1010 g/mol. The number of ketones is 1. The van der Waals surface area contributed by atoms with E-state index < -0.39 is 52.2 Å². The Morgan fingerprint density at radius 2 is 1.42 bits per heavy atom. The summed E-state index contributed by atoms with van der Waals surface area (Å²) in [6.45, 7) is 22.7. The smallest absolute Gasteiger partial charge is 0.303 e. The Balaban J connectivity index is 0.000000610. The topological polar surface area (TPSA) is 181 Å². The third kappa shape index (κ3) is 15.8. The van der Waals surface area contributed by atoms with E-state index in [1.54, 1.807) is 45.4 Å². The van der Waals surface area contributed by atoms with E-state index in [-0.39, 0.29) is 36.9 Å². The van der Waals surface area contributed by atoms with E-state index in [1.165, 1.54) is 31.2 Å². The minimum atomic E-state index is -1.31. The van der Waals surface area contributed by atoms with E-state index in [0.717, 1.165) is 42.0 Å². The standard InChI is InChI=1S/C28H46O8S.C16H15NO2.C7H6O.C2H4O.2C2H6/c1-16-11-12-28(31,25(5,6)17(16)2)24(32-8)22-26(7,23(30)18(3)36-19(4)29)20(35-15-37-10)13-21-27(22,33-9)14-34-21;18-12-11-15(13-7-3-1-4-8-13)17-16(19)14-9-5-2-6-10-14;8-6-7-4-2-1-3-5-7;1-2-3;2*1-2/h18,20-22,24,31H,11-15H2,1-10H3;1-10,12,15H,11H2,(H,17,19);1-6H;2H,1H3;2*1-2H3/t18?,20?,21?,22?,24-,26?,27-,28?;;;;;/m0...../s1. The van der Waals surface area contributed by atoms with E-state index >= 15 is 0 Å². The van der Waals surface area contributed by atoms with E-state index in [0.29, 0.717) is 24.3 Å². The molecule has 1 heterocycles. The van der Waals surface area contributed by atoms with Gasteiger partial charge in [-0.1, -0.05) is 132 Å². The zero-order chi connectivity index (χ0) is 54.0. The Morgan fingerprint density at radius 3 is 1.86 bits per heavy atom. The Labute approximate surface area is 428 Å². The first-order valence-electron chi connectivity index (χ1n) is 24.5. The molecule has 2 aliphatic carbocycles. The quantitative estimate of drug-likeness (QED) is 0.0599. The third-order valence-corrected chi connectivity index (χ3v) is 14.1. The molecule has 1 saturated carbocycles. The number of rotatable bonds is 16. The van der Waals surface area contributed by atoms with Crippen LogP contribution in [0.5, 0.6) is 0 Å². The number of methoxy groups -OCH3 is 2. The SMILES string of the molecule is CC.CC.CC=O.CO[C@@H](C1C(C)(C(=O)C(C)OC(C)=O)C(OCSC)CC2OC[C@]21OC)C1(O)CCC(C)=C(C)C1(C)C.O=CCC(NC(=O)c1ccccc1)c1ccccc1.O=Cc1ccccc1. The number of carbonyl (C=O) groups is 6. The van der Waals surface area contributed by atoms with Gasteiger partial charge in [-0.2, -0.15) is 0 Å². The molecule has 1 aliphatic heterocycles. The van der Waals surface area contributed by atoms with E-state index in [4.69, 9.17) is 28.5 Å². The predicted molar refractivity (Wildman–Crippen MR) is 282 cm³/mol. The summed E-state index contributed by atoms with van der Waals surface area (Å²) in [6.07, 6.45) is 3.55. The lowest BCUT2D eigenvalue weighted by molar-refractivity contribution is -0.352. The van der Waals surface area contributed by atoms with Gasteiger partial charge in [0, 0.05) is 56.4 Å². The van der Waals surface area contributed by atoms with Crippen molar-refractivity contribution >= 4 is 48.3 Å². The highest BCUT2D eigenvalue weighted by atomic mass is 32.2. The molecule has 2 N–H and O–H groups in total. The maximum atomic E-state index is 14.4. The molecular weight excluding hydrogens is 923 g/mol. The zero-order valence-electron chi connectivity index (χ0n) is 44.9. The number of ether oxygens (including phenoxy) is 5. The van der Waals surface area contributed by atoms with Crippen LogP contribution in [0, 0.1) is 16.7 Å². The molecule has 1 amide bonds. The maximum Gasteiger partial charge on any atom is 0.303 e. The van der Waals surface area contributed by atoms with Gasteiger partial charge in [0.2, 0.25) is 0 Å². The van der Waals surface area contributed by atoms with Crippen molar-refractivity contribution in [3.05, 3.63) is 119 Å². The second-order valence-electron chi connectivity index (χ2n) is 17.7. The summed E-state index contributed by atoms with van der Waals surface area (Å²) < 4.78 is 30.2. The molecular formula is C57H83NO12S. The first-order valence-corrected chi connectivity index (χ1v) is 25.9. The van der Waals surface area contributed by atoms with Crippen molar-refractivity contribution in [3.63, 3.8) is 0 Å². The van der Waals surface area contributed by atoms with Crippen LogP contribution in [-0.2, 0) is 42.9 Å². The van der Waals surface area contributed by atoms with E-state index in [2.05, 4.69) is 19.2 Å². The van der Waals surface area contributed by atoms with E-state index in [1.807, 2.05) is 121 Å². The summed E-state index contributed by atoms with van der Waals surface area (Å²) >= 11 is 1.52. The molecule has 0 radical (unpaired) electrons. The summed E-state index contributed by atoms with van der Waals surface area (Å²) in [4.78, 5) is 67.8. The highest BCUT2D eigenvalue weighted by Crippen LogP contribution is 2.61. The van der Waals surface area contributed by atoms with Crippen molar-refractivity contribution in [2.24, 2.45) is 16.7 Å². The van der Waals surface area contributed by atoms with E-state index in [9.17, 15) is 29.1 Å². The van der Waals surface area contributed by atoms with Crippen LogP contribution < -0.4 is 5.32 Å². The molecule has 3 aliphatic rings. The number of fused-ring (bicyclic) bond motifs is 1. The highest BCUT2D eigenvalue weighted by molar-refractivity contribution is 7.98. The molecule has 6 rings (SSSR count). The number of benzene rings is 3. The number of Topliss-reactive ketones (excluding diaryl/α,β-unsaturated/α-hetero) is 1. The third-order valence-electron chi connectivity index (χ3n) is 13.7. The first-order chi connectivity index (χ1) is 33.8. The highest BCUT2D eigenvalue weighted by Gasteiger charge is 2.74. The van der Waals surface area contributed by atoms with Crippen LogP contribution >= 0.6 is 11.8 Å². The van der Waals surface area contributed by atoms with Crippen LogP contribution in [0.2, 0.25) is 0 Å². The van der Waals surface area contributed by atoms with Crippen LogP contribution in [0.4, 0.5) is 0 Å². The summed E-state index contributed by atoms with van der Waals surface area (Å²) in [5.74, 6) is -1.24. The molecule has 13 nitrogen and oxygen atoms in total. The fourth-order valence-electron chi connectivity index (χ4n) is 9.67. The van der Waals surface area contributed by atoms with Gasteiger partial charge < -0.3 is 43.7 Å². The number of hydrogen-bond donors (Lipinski definition) is 2. The number of aliphatic hydroxyl groups is 1. The number of carbonyl (C=O) groups excluding carboxylic acids is 6. The minimum absolute atomic E-state index is 0.170. The Hall–Kier alpha value is -4.83. The number of aldehydes is 3. The summed E-state index contributed by atoms with van der Waals surface area (Å²) in [6, 6.07) is 27.3. The molecule has 1 saturated heterocycles. The van der Waals surface area contributed by atoms with Gasteiger partial charge in [-0.05, 0) is 71.4 Å². The van der Waals surface area contributed by atoms with Gasteiger partial charge in [-0.3, -0.25) is 19.2 Å². The molecule has 0 aromatic heterocycles. The average Bonchev–Trinajstić information content (AvgIpc) is 3.38. The normalized spacial score (nSPS) is 24.6. The van der Waals surface area contributed by atoms with Crippen molar-refractivity contribution in [1.29, 1.82) is 0 Å². The molecule has 71 heavy (non-hydrogen) atoms. The lowest BCUT2D eigenvalue weighted by Crippen LogP contribution is -2.79. The van der Waals surface area contributed by atoms with Gasteiger partial charge in [-0.15, -0.1) is 11.8 Å². The Bertz CT molecular complexity index is 2100. The molecule has 3 aromatic carbocycles. The fraction of sp³-hybridized carbons (Fsp3) is 0.544. The van der Waals surface area contributed by atoms with Crippen LogP contribution in [0.15, 0.2) is 102 Å². The van der Waals surface area contributed by atoms with Gasteiger partial charge >= 0.3 is 5.97 Å². The number of thioether (sulfide) groups is 1. The van der Waals surface area contributed by atoms with Crippen molar-refractivity contribution < 1.29 is 57.6 Å². The molecule has 0 bridgehead atoms. The molecule has 394 valence electrons. The summed E-state index contributed by atoms with van der Waals surface area (Å²) in [5.41, 5.74) is 0.583. The van der Waals surface area contributed by atoms with Gasteiger partial charge in [0.1, 0.15) is 30.1 Å². The van der Waals surface area contributed by atoms with Crippen molar-refractivity contribution in [1.82, 2.24) is 5.32 Å². The number of esters is 1. The Kier molecular flexibility index (Phi) is 28.6. The van der Waals surface area contributed by atoms with Crippen LogP contribution in [0.25, 0.3) is 0 Å². The zero-order valence-corrected chi connectivity index (χ0v) is 45.8. The number of allylic oxidation sites excluding steroid dienone is 1. The molecule has 9 atom stereocenters. The lowest BCUT2D eigenvalue weighted by Gasteiger charge is -2.66. The van der Waals surface area contributed by atoms with Crippen molar-refractivity contribution in [3.8, 4) is 0 Å². The van der Waals surface area contributed by atoms with Crippen LogP contribution in [0.3, 0.4) is 0 Å². The molecule has 2 fully saturated rings. The molecule has 7 unspecified atom stereocenters. The molecule has 3 aromatic rings. The number of hydrogen-bond acceptors (Lipinski definition) is 13. The first kappa shape index (κ1) is 64.2. The van der Waals surface area contributed by atoms with Gasteiger partial charge in [0.25, 0.3) is 5.91 Å². The largest absolute Gasteiger partial charge is 0.455 e. The second kappa shape index (κ2) is 31.6. The maximum absolute atomic E-state index is 14.4. The average molecular weight is 1010 g/mol. The molecule has 0 spiro atoms. The van der Waals surface area contributed by atoms with Crippen molar-refractivity contribution in [2.45, 2.75) is 150 Å². The summed E-state index contributed by atoms with van der Waals surface area (Å²) in [7, 11) is 3.22. The lowest BCUT2D eigenvalue weighted by atomic mass is 9.48. The summed E-state index contributed by atoms with van der Waals surface area (Å²) in [5, 5.41) is 15.5. The van der Waals surface area contributed by atoms with Crippen molar-refractivity contribution in [2.75, 3.05) is 33.0 Å². The predicted octanol–water partition coefficient (Wildman–Crippen LogP) is 10.4. The van der Waals surface area contributed by atoms with Crippen LogP contribution in [-0.4, -0.2) is 110 Å².